The normalized spacial score (nSPS) is 14.9. The molecule has 2 atom stereocenters. The van der Waals surface area contributed by atoms with Gasteiger partial charge in [-0.1, -0.05) is 6.07 Å². The van der Waals surface area contributed by atoms with Gasteiger partial charge >= 0.3 is 0 Å². The Labute approximate surface area is 82.3 Å². The standard InChI is InChI=1S/C10H14FNO2/c1-6(12)10(13)7-3-4-8(11)9(5-7)14-2/h3-6,10,13H,12H2,1-2H3/t6-,10-/m0/s1. The highest BCUT2D eigenvalue weighted by Crippen LogP contribution is 2.23. The van der Waals surface area contributed by atoms with Crippen molar-refractivity contribution in [3.8, 4) is 5.75 Å². The molecule has 0 aliphatic rings. The van der Waals surface area contributed by atoms with Gasteiger partial charge in [0.25, 0.3) is 0 Å². The number of halogens is 1. The maximum atomic E-state index is 13.0. The van der Waals surface area contributed by atoms with Crippen LogP contribution in [0.2, 0.25) is 0 Å². The second-order valence-corrected chi connectivity index (χ2v) is 3.20. The van der Waals surface area contributed by atoms with E-state index >= 15 is 0 Å². The topological polar surface area (TPSA) is 55.5 Å². The van der Waals surface area contributed by atoms with Gasteiger partial charge in [-0.15, -0.1) is 0 Å². The van der Waals surface area contributed by atoms with Crippen molar-refractivity contribution in [3.05, 3.63) is 29.6 Å². The smallest absolute Gasteiger partial charge is 0.165 e. The van der Waals surface area contributed by atoms with Crippen molar-refractivity contribution in [1.29, 1.82) is 0 Å². The fraction of sp³-hybridized carbons (Fsp3) is 0.400. The second kappa shape index (κ2) is 4.39. The molecule has 14 heavy (non-hydrogen) atoms. The number of ether oxygens (including phenoxy) is 1. The van der Waals surface area contributed by atoms with E-state index in [9.17, 15) is 9.50 Å². The van der Waals surface area contributed by atoms with Gasteiger partial charge < -0.3 is 15.6 Å². The number of hydrogen-bond acceptors (Lipinski definition) is 3. The highest BCUT2D eigenvalue weighted by Gasteiger charge is 2.14. The van der Waals surface area contributed by atoms with E-state index in [1.807, 2.05) is 0 Å². The Kier molecular flexibility index (Phi) is 3.43. The van der Waals surface area contributed by atoms with Crippen molar-refractivity contribution in [1.82, 2.24) is 0 Å². The molecule has 4 heteroatoms. The molecule has 1 aromatic rings. The van der Waals surface area contributed by atoms with E-state index in [0.29, 0.717) is 5.56 Å². The molecule has 0 aliphatic heterocycles. The van der Waals surface area contributed by atoms with Crippen molar-refractivity contribution in [2.24, 2.45) is 5.73 Å². The zero-order valence-corrected chi connectivity index (χ0v) is 8.20. The van der Waals surface area contributed by atoms with Crippen LogP contribution in [0.3, 0.4) is 0 Å². The Balaban J connectivity index is 3.00. The summed E-state index contributed by atoms with van der Waals surface area (Å²) in [6.45, 7) is 1.68. The number of hydrogen-bond donors (Lipinski definition) is 2. The minimum absolute atomic E-state index is 0.113. The Morgan fingerprint density at radius 1 is 1.50 bits per heavy atom. The van der Waals surface area contributed by atoms with Crippen molar-refractivity contribution >= 4 is 0 Å². The molecule has 0 saturated carbocycles. The summed E-state index contributed by atoms with van der Waals surface area (Å²) in [5.74, 6) is -0.338. The van der Waals surface area contributed by atoms with Gasteiger partial charge in [-0.2, -0.15) is 0 Å². The highest BCUT2D eigenvalue weighted by molar-refractivity contribution is 5.31. The highest BCUT2D eigenvalue weighted by atomic mass is 19.1. The van der Waals surface area contributed by atoms with Crippen LogP contribution in [0.4, 0.5) is 4.39 Å². The Bertz CT molecular complexity index is 315. The van der Waals surface area contributed by atoms with Gasteiger partial charge in [0.1, 0.15) is 0 Å². The Morgan fingerprint density at radius 2 is 2.14 bits per heavy atom. The number of benzene rings is 1. The third-order valence-corrected chi connectivity index (χ3v) is 2.01. The number of rotatable bonds is 3. The van der Waals surface area contributed by atoms with Crippen molar-refractivity contribution < 1.29 is 14.2 Å². The Hall–Kier alpha value is -1.13. The lowest BCUT2D eigenvalue weighted by atomic mass is 10.0. The van der Waals surface area contributed by atoms with Gasteiger partial charge in [0, 0.05) is 6.04 Å². The lowest BCUT2D eigenvalue weighted by Crippen LogP contribution is -2.24. The van der Waals surface area contributed by atoms with Crippen LogP contribution < -0.4 is 10.5 Å². The molecule has 0 aromatic heterocycles. The van der Waals surface area contributed by atoms with Crippen molar-refractivity contribution in [2.75, 3.05) is 7.11 Å². The quantitative estimate of drug-likeness (QED) is 0.769. The van der Waals surface area contributed by atoms with E-state index in [1.54, 1.807) is 6.92 Å². The third kappa shape index (κ3) is 2.21. The molecular weight excluding hydrogens is 185 g/mol. The molecule has 0 fully saturated rings. The molecule has 0 amide bonds. The van der Waals surface area contributed by atoms with E-state index in [2.05, 4.69) is 0 Å². The number of nitrogens with two attached hydrogens (primary N) is 1. The minimum Gasteiger partial charge on any atom is -0.494 e. The summed E-state index contributed by atoms with van der Waals surface area (Å²) >= 11 is 0. The van der Waals surface area contributed by atoms with E-state index in [4.69, 9.17) is 10.5 Å². The van der Waals surface area contributed by atoms with Crippen LogP contribution in [-0.2, 0) is 0 Å². The van der Waals surface area contributed by atoms with E-state index < -0.39 is 18.0 Å². The predicted molar refractivity (Wildman–Crippen MR) is 51.6 cm³/mol. The third-order valence-electron chi connectivity index (χ3n) is 2.01. The summed E-state index contributed by atoms with van der Waals surface area (Å²) in [4.78, 5) is 0. The zero-order chi connectivity index (χ0) is 10.7. The fourth-order valence-corrected chi connectivity index (χ4v) is 1.16. The maximum Gasteiger partial charge on any atom is 0.165 e. The van der Waals surface area contributed by atoms with E-state index in [1.165, 1.54) is 25.3 Å². The molecule has 3 N–H and O–H groups in total. The molecule has 1 aromatic carbocycles. The molecule has 78 valence electrons. The molecule has 1 rings (SSSR count). The maximum absolute atomic E-state index is 13.0. The van der Waals surface area contributed by atoms with Crippen LogP contribution in [0.15, 0.2) is 18.2 Å². The second-order valence-electron chi connectivity index (χ2n) is 3.20. The minimum atomic E-state index is -0.801. The summed E-state index contributed by atoms with van der Waals surface area (Å²) in [6, 6.07) is 3.79. The molecule has 0 unspecified atom stereocenters. The molecule has 0 radical (unpaired) electrons. The van der Waals surface area contributed by atoms with E-state index in [-0.39, 0.29) is 5.75 Å². The number of aliphatic hydroxyl groups excluding tert-OH is 1. The molecule has 0 saturated heterocycles. The average Bonchev–Trinajstić information content (AvgIpc) is 2.17. The first-order chi connectivity index (χ1) is 6.56. The predicted octanol–water partition coefficient (Wildman–Crippen LogP) is 1.21. The first kappa shape index (κ1) is 10.9. The van der Waals surface area contributed by atoms with Crippen LogP contribution in [0.1, 0.15) is 18.6 Å². The molecular formula is C10H14FNO2. The lowest BCUT2D eigenvalue weighted by Gasteiger charge is -2.15. The number of aliphatic hydroxyl groups is 1. The zero-order valence-electron chi connectivity index (χ0n) is 8.20. The van der Waals surface area contributed by atoms with Crippen LogP contribution >= 0.6 is 0 Å². The van der Waals surface area contributed by atoms with Gasteiger partial charge in [0.2, 0.25) is 0 Å². The van der Waals surface area contributed by atoms with Gasteiger partial charge in [0.05, 0.1) is 13.2 Å². The summed E-state index contributed by atoms with van der Waals surface area (Å²) < 4.78 is 17.8. The van der Waals surface area contributed by atoms with Gasteiger partial charge in [0.15, 0.2) is 11.6 Å². The van der Waals surface area contributed by atoms with Crippen LogP contribution in [0.25, 0.3) is 0 Å². The molecule has 0 heterocycles. The first-order valence-corrected chi connectivity index (χ1v) is 4.33. The van der Waals surface area contributed by atoms with Crippen molar-refractivity contribution in [2.45, 2.75) is 19.1 Å². The first-order valence-electron chi connectivity index (χ1n) is 4.33. The lowest BCUT2D eigenvalue weighted by molar-refractivity contribution is 0.153. The average molecular weight is 199 g/mol. The monoisotopic (exact) mass is 199 g/mol. The number of methoxy groups -OCH3 is 1. The van der Waals surface area contributed by atoms with Crippen LogP contribution in [0, 0.1) is 5.82 Å². The van der Waals surface area contributed by atoms with Gasteiger partial charge in [-0.3, -0.25) is 0 Å². The van der Waals surface area contributed by atoms with Gasteiger partial charge in [-0.05, 0) is 24.6 Å². The fourth-order valence-electron chi connectivity index (χ4n) is 1.16. The van der Waals surface area contributed by atoms with Gasteiger partial charge in [-0.25, -0.2) is 4.39 Å². The van der Waals surface area contributed by atoms with Crippen molar-refractivity contribution in [3.63, 3.8) is 0 Å². The van der Waals surface area contributed by atoms with Crippen LogP contribution in [0.5, 0.6) is 5.75 Å². The largest absolute Gasteiger partial charge is 0.494 e. The molecule has 0 aliphatic carbocycles. The van der Waals surface area contributed by atoms with Crippen LogP contribution in [-0.4, -0.2) is 18.3 Å². The molecule has 0 bridgehead atoms. The summed E-state index contributed by atoms with van der Waals surface area (Å²) in [7, 11) is 1.38. The molecule has 3 nitrogen and oxygen atoms in total. The molecule has 0 spiro atoms. The Morgan fingerprint density at radius 3 is 2.64 bits per heavy atom. The summed E-state index contributed by atoms with van der Waals surface area (Å²) in [5, 5.41) is 9.61. The van der Waals surface area contributed by atoms with E-state index in [0.717, 1.165) is 0 Å². The summed E-state index contributed by atoms with van der Waals surface area (Å²) in [5.41, 5.74) is 6.07. The summed E-state index contributed by atoms with van der Waals surface area (Å²) in [6.07, 6.45) is -0.801. The SMILES string of the molecule is COc1cc([C@@H](O)[C@H](C)N)ccc1F.